The molecule has 2 rings (SSSR count). The number of ether oxygens (including phenoxy) is 1. The van der Waals surface area contributed by atoms with Crippen molar-refractivity contribution in [1.82, 2.24) is 5.43 Å². The zero-order valence-corrected chi connectivity index (χ0v) is 13.1. The van der Waals surface area contributed by atoms with Gasteiger partial charge in [0.2, 0.25) is 0 Å². The highest BCUT2D eigenvalue weighted by atomic mass is 19.1. The van der Waals surface area contributed by atoms with Crippen LogP contribution in [0.5, 0.6) is 5.75 Å². The van der Waals surface area contributed by atoms with Crippen LogP contribution in [0.1, 0.15) is 30.9 Å². The normalized spacial score (nSPS) is 11.0. The number of hydrogen-bond donors (Lipinski definition) is 1. The van der Waals surface area contributed by atoms with Crippen molar-refractivity contribution in [2.75, 3.05) is 6.61 Å². The predicted octanol–water partition coefficient (Wildman–Crippen LogP) is 3.48. The lowest BCUT2D eigenvalue weighted by Gasteiger charge is -2.12. The summed E-state index contributed by atoms with van der Waals surface area (Å²) in [4.78, 5) is 11.7. The monoisotopic (exact) mass is 314 g/mol. The Morgan fingerprint density at radius 3 is 2.65 bits per heavy atom. The van der Waals surface area contributed by atoms with Crippen LogP contribution in [-0.2, 0) is 4.79 Å². The molecule has 1 N–H and O–H groups in total. The average molecular weight is 314 g/mol. The number of hydrazone groups is 1. The molecule has 2 aromatic carbocycles. The molecule has 4 nitrogen and oxygen atoms in total. The number of benzene rings is 2. The molecule has 0 bridgehead atoms. The first-order chi connectivity index (χ1) is 11.1. The Kier molecular flexibility index (Phi) is 5.86. The number of hydrogen-bond acceptors (Lipinski definition) is 3. The molecule has 0 saturated heterocycles. The van der Waals surface area contributed by atoms with Gasteiger partial charge in [-0.15, -0.1) is 0 Å². The molecule has 0 unspecified atom stereocenters. The standard InChI is InChI=1S/C18H19FN2O2/c1-13(2)15-8-4-6-10-17(15)23-12-18(22)21-20-11-14-7-3-5-9-16(14)19/h3-11,13H,12H2,1-2H3,(H,21,22)/b20-11+. The van der Waals surface area contributed by atoms with Crippen LogP contribution < -0.4 is 10.2 Å². The Morgan fingerprint density at radius 1 is 1.22 bits per heavy atom. The highest BCUT2D eigenvalue weighted by Crippen LogP contribution is 2.25. The largest absolute Gasteiger partial charge is 0.483 e. The van der Waals surface area contributed by atoms with Crippen molar-refractivity contribution in [3.63, 3.8) is 0 Å². The quantitative estimate of drug-likeness (QED) is 0.655. The van der Waals surface area contributed by atoms with Crippen molar-refractivity contribution in [1.29, 1.82) is 0 Å². The Labute approximate surface area is 135 Å². The molecule has 0 spiro atoms. The molecule has 1 amide bonds. The van der Waals surface area contributed by atoms with E-state index in [1.165, 1.54) is 12.3 Å². The Morgan fingerprint density at radius 2 is 1.91 bits per heavy atom. The smallest absolute Gasteiger partial charge is 0.277 e. The maximum absolute atomic E-state index is 13.4. The summed E-state index contributed by atoms with van der Waals surface area (Å²) in [6, 6.07) is 13.8. The van der Waals surface area contributed by atoms with Crippen molar-refractivity contribution in [3.05, 3.63) is 65.5 Å². The van der Waals surface area contributed by atoms with E-state index in [0.29, 0.717) is 17.2 Å². The molecule has 23 heavy (non-hydrogen) atoms. The number of amides is 1. The van der Waals surface area contributed by atoms with E-state index in [4.69, 9.17) is 4.74 Å². The van der Waals surface area contributed by atoms with Gasteiger partial charge in [-0.25, -0.2) is 9.82 Å². The molecule has 0 aromatic heterocycles. The lowest BCUT2D eigenvalue weighted by molar-refractivity contribution is -0.123. The molecular weight excluding hydrogens is 295 g/mol. The molecule has 0 aliphatic rings. The van der Waals surface area contributed by atoms with Crippen molar-refractivity contribution in [3.8, 4) is 5.75 Å². The molecule has 0 saturated carbocycles. The Balaban J connectivity index is 1.88. The summed E-state index contributed by atoms with van der Waals surface area (Å²) in [6.45, 7) is 3.96. The van der Waals surface area contributed by atoms with Gasteiger partial charge in [0.05, 0.1) is 6.21 Å². The van der Waals surface area contributed by atoms with Crippen LogP contribution in [0.3, 0.4) is 0 Å². The van der Waals surface area contributed by atoms with E-state index in [1.807, 2.05) is 24.3 Å². The first-order valence-corrected chi connectivity index (χ1v) is 7.36. The second kappa shape index (κ2) is 8.08. The van der Waals surface area contributed by atoms with Crippen LogP contribution in [0.25, 0.3) is 0 Å². The van der Waals surface area contributed by atoms with Gasteiger partial charge < -0.3 is 4.74 Å². The van der Waals surface area contributed by atoms with E-state index in [1.54, 1.807) is 18.2 Å². The minimum Gasteiger partial charge on any atom is -0.483 e. The van der Waals surface area contributed by atoms with Gasteiger partial charge in [0.25, 0.3) is 5.91 Å². The van der Waals surface area contributed by atoms with Crippen LogP contribution >= 0.6 is 0 Å². The van der Waals surface area contributed by atoms with Gasteiger partial charge in [-0.05, 0) is 23.6 Å². The molecule has 0 atom stereocenters. The number of nitrogens with one attached hydrogen (secondary N) is 1. The highest BCUT2D eigenvalue weighted by Gasteiger charge is 2.08. The third-order valence-corrected chi connectivity index (χ3v) is 3.20. The summed E-state index contributed by atoms with van der Waals surface area (Å²) < 4.78 is 18.9. The fourth-order valence-electron chi connectivity index (χ4n) is 2.02. The number of nitrogens with zero attached hydrogens (tertiary/aromatic N) is 1. The molecule has 0 fully saturated rings. The first kappa shape index (κ1) is 16.7. The summed E-state index contributed by atoms with van der Waals surface area (Å²) >= 11 is 0. The van der Waals surface area contributed by atoms with Crippen LogP contribution in [-0.4, -0.2) is 18.7 Å². The SMILES string of the molecule is CC(C)c1ccccc1OCC(=O)N/N=C/c1ccccc1F. The number of halogens is 1. The van der Waals surface area contributed by atoms with E-state index in [9.17, 15) is 9.18 Å². The minimum absolute atomic E-state index is 0.154. The zero-order chi connectivity index (χ0) is 16.7. The summed E-state index contributed by atoms with van der Waals surface area (Å²) in [5.41, 5.74) is 3.66. The first-order valence-electron chi connectivity index (χ1n) is 7.36. The predicted molar refractivity (Wildman–Crippen MR) is 88.2 cm³/mol. The Bertz CT molecular complexity index is 699. The molecule has 0 heterocycles. The lowest BCUT2D eigenvalue weighted by atomic mass is 10.0. The fraction of sp³-hybridized carbons (Fsp3) is 0.222. The zero-order valence-electron chi connectivity index (χ0n) is 13.1. The average Bonchev–Trinajstić information content (AvgIpc) is 2.55. The maximum atomic E-state index is 13.4. The maximum Gasteiger partial charge on any atom is 0.277 e. The van der Waals surface area contributed by atoms with Crippen LogP contribution in [0.2, 0.25) is 0 Å². The lowest BCUT2D eigenvalue weighted by Crippen LogP contribution is -2.25. The number of carbonyl (C=O) groups excluding carboxylic acids is 1. The van der Waals surface area contributed by atoms with Gasteiger partial charge in [-0.3, -0.25) is 4.79 Å². The van der Waals surface area contributed by atoms with Gasteiger partial charge in [-0.1, -0.05) is 50.2 Å². The summed E-state index contributed by atoms with van der Waals surface area (Å²) in [7, 11) is 0. The van der Waals surface area contributed by atoms with E-state index in [0.717, 1.165) is 5.56 Å². The van der Waals surface area contributed by atoms with Crippen LogP contribution in [0, 0.1) is 5.82 Å². The van der Waals surface area contributed by atoms with E-state index in [2.05, 4.69) is 24.4 Å². The molecule has 0 radical (unpaired) electrons. The summed E-state index contributed by atoms with van der Waals surface area (Å²) in [6.07, 6.45) is 1.26. The van der Waals surface area contributed by atoms with Crippen molar-refractivity contribution < 1.29 is 13.9 Å². The topological polar surface area (TPSA) is 50.7 Å². The van der Waals surface area contributed by atoms with Crippen molar-refractivity contribution in [2.45, 2.75) is 19.8 Å². The van der Waals surface area contributed by atoms with Crippen molar-refractivity contribution in [2.24, 2.45) is 5.10 Å². The fourth-order valence-corrected chi connectivity index (χ4v) is 2.02. The number of para-hydroxylation sites is 1. The van der Waals surface area contributed by atoms with Crippen LogP contribution in [0.4, 0.5) is 4.39 Å². The Hall–Kier alpha value is -2.69. The third kappa shape index (κ3) is 4.92. The molecule has 5 heteroatoms. The van der Waals surface area contributed by atoms with Crippen LogP contribution in [0.15, 0.2) is 53.6 Å². The molecular formula is C18H19FN2O2. The number of carbonyl (C=O) groups is 1. The second-order valence-corrected chi connectivity index (χ2v) is 5.30. The highest BCUT2D eigenvalue weighted by molar-refractivity contribution is 5.83. The van der Waals surface area contributed by atoms with E-state index < -0.39 is 11.7 Å². The molecule has 0 aliphatic carbocycles. The number of rotatable bonds is 6. The van der Waals surface area contributed by atoms with Gasteiger partial charge in [0, 0.05) is 5.56 Å². The second-order valence-electron chi connectivity index (χ2n) is 5.30. The third-order valence-electron chi connectivity index (χ3n) is 3.20. The van der Waals surface area contributed by atoms with Gasteiger partial charge in [0.15, 0.2) is 6.61 Å². The van der Waals surface area contributed by atoms with Gasteiger partial charge >= 0.3 is 0 Å². The molecule has 120 valence electrons. The van der Waals surface area contributed by atoms with Gasteiger partial charge in [-0.2, -0.15) is 5.10 Å². The minimum atomic E-state index is -0.406. The summed E-state index contributed by atoms with van der Waals surface area (Å²) in [5, 5.41) is 3.73. The van der Waals surface area contributed by atoms with Gasteiger partial charge in [0.1, 0.15) is 11.6 Å². The van der Waals surface area contributed by atoms with E-state index >= 15 is 0 Å². The molecule has 0 aliphatic heterocycles. The molecule has 2 aromatic rings. The van der Waals surface area contributed by atoms with Crippen molar-refractivity contribution >= 4 is 12.1 Å². The van der Waals surface area contributed by atoms with E-state index in [-0.39, 0.29) is 6.61 Å². The summed E-state index contributed by atoms with van der Waals surface area (Å²) in [5.74, 6) is 0.174.